The van der Waals surface area contributed by atoms with E-state index in [4.69, 9.17) is 0 Å². The van der Waals surface area contributed by atoms with Gasteiger partial charge in [0.2, 0.25) is 0 Å². The van der Waals surface area contributed by atoms with E-state index in [9.17, 15) is 9.59 Å². The minimum Gasteiger partial charge on any atom is -0.381 e. The van der Waals surface area contributed by atoms with E-state index in [2.05, 4.69) is 52.2 Å². The molecule has 1 aliphatic rings. The van der Waals surface area contributed by atoms with E-state index in [0.29, 0.717) is 17.7 Å². The normalized spacial score (nSPS) is 13.5. The summed E-state index contributed by atoms with van der Waals surface area (Å²) in [6.07, 6.45) is 0. The molecule has 0 aliphatic carbocycles. The molecule has 3 rings (SSSR count). The van der Waals surface area contributed by atoms with Crippen molar-refractivity contribution in [3.05, 3.63) is 62.7 Å². The van der Waals surface area contributed by atoms with Gasteiger partial charge in [-0.25, -0.2) is 0 Å². The second-order valence-corrected chi connectivity index (χ2v) is 6.16. The van der Waals surface area contributed by atoms with Gasteiger partial charge in [0.05, 0.1) is 11.1 Å². The first kappa shape index (κ1) is 14.1. The van der Waals surface area contributed by atoms with Crippen molar-refractivity contribution in [1.29, 1.82) is 0 Å². The summed E-state index contributed by atoms with van der Waals surface area (Å²) < 4.78 is 1.20. The molecular weight excluding hydrogens is 379 g/mol. The van der Waals surface area contributed by atoms with Gasteiger partial charge in [-0.15, -0.1) is 0 Å². The zero-order valence-electron chi connectivity index (χ0n) is 11.4. The van der Waals surface area contributed by atoms with Gasteiger partial charge in [-0.05, 0) is 58.5 Å². The quantitative estimate of drug-likeness (QED) is 0.645. The molecule has 1 aliphatic heterocycles. The molecule has 0 saturated carbocycles. The summed E-state index contributed by atoms with van der Waals surface area (Å²) in [5.74, 6) is -0.480. The molecule has 0 radical (unpaired) electrons. The van der Waals surface area contributed by atoms with E-state index in [1.807, 2.05) is 6.07 Å². The topological polar surface area (TPSA) is 49.4 Å². The Morgan fingerprint density at radius 3 is 2.38 bits per heavy atom. The number of anilines is 1. The van der Waals surface area contributed by atoms with Gasteiger partial charge in [0.1, 0.15) is 0 Å². The lowest BCUT2D eigenvalue weighted by Crippen LogP contribution is -2.24. The highest BCUT2D eigenvalue weighted by Gasteiger charge is 2.32. The number of carbonyl (C=O) groups excluding carboxylic acids is 2. The Morgan fingerprint density at radius 2 is 1.67 bits per heavy atom. The first-order chi connectivity index (χ1) is 10.1. The fourth-order valence-electron chi connectivity index (χ4n) is 2.28. The van der Waals surface area contributed by atoms with Crippen LogP contribution in [-0.4, -0.2) is 23.8 Å². The molecule has 0 fully saturated rings. The standard InChI is InChI=1S/C16H13IN2O2/c1-19-15(20)13-7-6-12(8-14(13)16(19)21)18-9-10-2-4-11(17)5-3-10/h2-8,18H,9H2,1H3. The van der Waals surface area contributed by atoms with Crippen molar-refractivity contribution < 1.29 is 9.59 Å². The van der Waals surface area contributed by atoms with Crippen LogP contribution in [0.5, 0.6) is 0 Å². The van der Waals surface area contributed by atoms with Crippen LogP contribution in [-0.2, 0) is 6.54 Å². The van der Waals surface area contributed by atoms with Gasteiger partial charge in [0.25, 0.3) is 11.8 Å². The number of hydrogen-bond donors (Lipinski definition) is 1. The predicted octanol–water partition coefficient (Wildman–Crippen LogP) is 3.13. The molecule has 2 amide bonds. The van der Waals surface area contributed by atoms with Gasteiger partial charge in [0, 0.05) is 22.8 Å². The van der Waals surface area contributed by atoms with Crippen molar-refractivity contribution >= 4 is 40.1 Å². The second kappa shape index (κ2) is 5.48. The van der Waals surface area contributed by atoms with E-state index in [1.165, 1.54) is 10.6 Å². The number of nitrogens with one attached hydrogen (secondary N) is 1. The zero-order chi connectivity index (χ0) is 15.0. The fraction of sp³-hybridized carbons (Fsp3) is 0.125. The Labute approximate surface area is 136 Å². The molecule has 1 N–H and O–H groups in total. The molecule has 4 nitrogen and oxygen atoms in total. The highest BCUT2D eigenvalue weighted by atomic mass is 127. The molecule has 0 atom stereocenters. The Morgan fingerprint density at radius 1 is 1.00 bits per heavy atom. The average Bonchev–Trinajstić information content (AvgIpc) is 2.71. The highest BCUT2D eigenvalue weighted by Crippen LogP contribution is 2.25. The minimum atomic E-state index is -0.243. The van der Waals surface area contributed by atoms with Crippen molar-refractivity contribution in [2.45, 2.75) is 6.54 Å². The summed E-state index contributed by atoms with van der Waals surface area (Å²) in [6, 6.07) is 13.5. The van der Waals surface area contributed by atoms with Crippen LogP contribution in [0.2, 0.25) is 0 Å². The Balaban J connectivity index is 1.78. The number of hydrogen-bond acceptors (Lipinski definition) is 3. The van der Waals surface area contributed by atoms with Crippen molar-refractivity contribution in [2.75, 3.05) is 12.4 Å². The molecule has 0 saturated heterocycles. The lowest BCUT2D eigenvalue weighted by molar-refractivity contribution is 0.0693. The van der Waals surface area contributed by atoms with E-state index < -0.39 is 0 Å². The van der Waals surface area contributed by atoms with Crippen molar-refractivity contribution in [3.8, 4) is 0 Å². The summed E-state index contributed by atoms with van der Waals surface area (Å²) in [4.78, 5) is 24.9. The molecule has 0 aromatic heterocycles. The third-order valence-corrected chi connectivity index (χ3v) is 4.22. The largest absolute Gasteiger partial charge is 0.381 e. The molecule has 2 aromatic carbocycles. The number of carbonyl (C=O) groups is 2. The lowest BCUT2D eigenvalue weighted by atomic mass is 10.1. The third kappa shape index (κ3) is 2.65. The Kier molecular flexibility index (Phi) is 3.67. The molecule has 21 heavy (non-hydrogen) atoms. The van der Waals surface area contributed by atoms with Crippen LogP contribution >= 0.6 is 22.6 Å². The van der Waals surface area contributed by atoms with Gasteiger partial charge in [-0.3, -0.25) is 14.5 Å². The predicted molar refractivity (Wildman–Crippen MR) is 89.4 cm³/mol. The van der Waals surface area contributed by atoms with Crippen molar-refractivity contribution in [1.82, 2.24) is 4.90 Å². The first-order valence-electron chi connectivity index (χ1n) is 6.51. The number of imide groups is 1. The molecule has 106 valence electrons. The second-order valence-electron chi connectivity index (χ2n) is 4.91. The van der Waals surface area contributed by atoms with E-state index >= 15 is 0 Å². The number of amides is 2. The summed E-state index contributed by atoms with van der Waals surface area (Å²) in [6.45, 7) is 0.674. The van der Waals surface area contributed by atoms with Gasteiger partial charge < -0.3 is 5.32 Å². The van der Waals surface area contributed by atoms with Gasteiger partial charge in [-0.1, -0.05) is 12.1 Å². The van der Waals surface area contributed by atoms with Crippen LogP contribution in [0, 0.1) is 3.57 Å². The van der Waals surface area contributed by atoms with Crippen molar-refractivity contribution in [3.63, 3.8) is 0 Å². The number of nitrogens with zero attached hydrogens (tertiary/aromatic N) is 1. The number of rotatable bonds is 3. The zero-order valence-corrected chi connectivity index (χ0v) is 13.5. The van der Waals surface area contributed by atoms with Gasteiger partial charge >= 0.3 is 0 Å². The van der Waals surface area contributed by atoms with Crippen LogP contribution in [0.4, 0.5) is 5.69 Å². The SMILES string of the molecule is CN1C(=O)c2ccc(NCc3ccc(I)cc3)cc2C1=O. The van der Waals surface area contributed by atoms with E-state index in [0.717, 1.165) is 16.2 Å². The lowest BCUT2D eigenvalue weighted by Gasteiger charge is -2.07. The van der Waals surface area contributed by atoms with Crippen LogP contribution in [0.15, 0.2) is 42.5 Å². The summed E-state index contributed by atoms with van der Waals surface area (Å²) in [5.41, 5.74) is 2.94. The third-order valence-electron chi connectivity index (χ3n) is 3.50. The Hall–Kier alpha value is -1.89. The number of benzene rings is 2. The molecular formula is C16H13IN2O2. The first-order valence-corrected chi connectivity index (χ1v) is 7.59. The van der Waals surface area contributed by atoms with Gasteiger partial charge in [0.15, 0.2) is 0 Å². The number of halogens is 1. The van der Waals surface area contributed by atoms with Gasteiger partial charge in [-0.2, -0.15) is 0 Å². The summed E-state index contributed by atoms with van der Waals surface area (Å²) in [7, 11) is 1.50. The number of fused-ring (bicyclic) bond motifs is 1. The summed E-state index contributed by atoms with van der Waals surface area (Å²) in [5, 5.41) is 3.28. The maximum Gasteiger partial charge on any atom is 0.261 e. The van der Waals surface area contributed by atoms with Crippen LogP contribution in [0.25, 0.3) is 0 Å². The fourth-order valence-corrected chi connectivity index (χ4v) is 2.64. The molecule has 0 bridgehead atoms. The van der Waals surface area contributed by atoms with Crippen LogP contribution < -0.4 is 5.32 Å². The highest BCUT2D eigenvalue weighted by molar-refractivity contribution is 14.1. The van der Waals surface area contributed by atoms with E-state index in [-0.39, 0.29) is 11.8 Å². The maximum atomic E-state index is 11.9. The van der Waals surface area contributed by atoms with Crippen molar-refractivity contribution in [2.24, 2.45) is 0 Å². The molecule has 2 aromatic rings. The average molecular weight is 392 g/mol. The molecule has 5 heteroatoms. The molecule has 0 unspecified atom stereocenters. The van der Waals surface area contributed by atoms with Crippen LogP contribution in [0.1, 0.15) is 26.3 Å². The summed E-state index contributed by atoms with van der Waals surface area (Å²) >= 11 is 2.27. The molecule has 1 heterocycles. The smallest absolute Gasteiger partial charge is 0.261 e. The Bertz CT molecular complexity index is 726. The van der Waals surface area contributed by atoms with Crippen LogP contribution in [0.3, 0.4) is 0 Å². The monoisotopic (exact) mass is 392 g/mol. The molecule has 0 spiro atoms. The minimum absolute atomic E-state index is 0.237. The van der Waals surface area contributed by atoms with E-state index in [1.54, 1.807) is 12.1 Å². The maximum absolute atomic E-state index is 11.9.